The van der Waals surface area contributed by atoms with Crippen LogP contribution in [0.5, 0.6) is 0 Å². The molecule has 22 heavy (non-hydrogen) atoms. The molecule has 1 N–H and O–H groups in total. The molecule has 1 aromatic carbocycles. The van der Waals surface area contributed by atoms with Gasteiger partial charge in [-0.1, -0.05) is 24.3 Å². The summed E-state index contributed by atoms with van der Waals surface area (Å²) in [5.41, 5.74) is 0.397. The Morgan fingerprint density at radius 1 is 1.32 bits per heavy atom. The first kappa shape index (κ1) is 14.5. The van der Waals surface area contributed by atoms with Gasteiger partial charge in [0.15, 0.2) is 0 Å². The molecule has 1 amide bonds. The van der Waals surface area contributed by atoms with Gasteiger partial charge in [-0.05, 0) is 30.2 Å². The maximum Gasteiger partial charge on any atom is 0.307 e. The van der Waals surface area contributed by atoms with Crippen LogP contribution in [0.2, 0.25) is 0 Å². The predicted molar refractivity (Wildman–Crippen MR) is 82.4 cm³/mol. The maximum atomic E-state index is 12.5. The van der Waals surface area contributed by atoms with E-state index in [4.69, 9.17) is 4.74 Å². The van der Waals surface area contributed by atoms with E-state index in [1.807, 2.05) is 30.3 Å². The Bertz CT molecular complexity index is 705. The van der Waals surface area contributed by atoms with Crippen LogP contribution in [0.25, 0.3) is 10.8 Å². The number of aromatic nitrogens is 1. The highest BCUT2D eigenvalue weighted by atomic mass is 16.5. The van der Waals surface area contributed by atoms with E-state index in [1.165, 1.54) is 7.11 Å². The number of methoxy groups -OCH3 is 1. The Morgan fingerprint density at radius 3 is 2.82 bits per heavy atom. The average molecular weight is 298 g/mol. The number of carbonyl (C=O) groups is 2. The molecule has 3 rings (SSSR count). The first-order valence-electron chi connectivity index (χ1n) is 7.40. The topological polar surface area (TPSA) is 68.3 Å². The zero-order valence-corrected chi connectivity index (χ0v) is 12.4. The Hall–Kier alpha value is -2.43. The van der Waals surface area contributed by atoms with Crippen molar-refractivity contribution < 1.29 is 14.3 Å². The number of benzene rings is 1. The van der Waals surface area contributed by atoms with E-state index in [-0.39, 0.29) is 24.3 Å². The van der Waals surface area contributed by atoms with Crippen LogP contribution in [-0.4, -0.2) is 30.0 Å². The van der Waals surface area contributed by atoms with Gasteiger partial charge in [0.25, 0.3) is 5.91 Å². The molecule has 1 aliphatic rings. The van der Waals surface area contributed by atoms with E-state index in [2.05, 4.69) is 10.3 Å². The van der Waals surface area contributed by atoms with Gasteiger partial charge in [-0.2, -0.15) is 0 Å². The molecule has 0 bridgehead atoms. The fraction of sp³-hybridized carbons (Fsp3) is 0.353. The van der Waals surface area contributed by atoms with Gasteiger partial charge in [-0.15, -0.1) is 0 Å². The molecule has 0 radical (unpaired) electrons. The molecule has 1 aromatic heterocycles. The van der Waals surface area contributed by atoms with E-state index in [0.29, 0.717) is 11.6 Å². The third-order valence-electron chi connectivity index (χ3n) is 4.01. The number of hydrogen-bond acceptors (Lipinski definition) is 4. The molecule has 1 saturated carbocycles. The number of rotatable bonds is 5. The van der Waals surface area contributed by atoms with Crippen LogP contribution in [0.15, 0.2) is 36.5 Å². The van der Waals surface area contributed by atoms with Crippen molar-refractivity contribution >= 4 is 22.6 Å². The van der Waals surface area contributed by atoms with E-state index in [0.717, 1.165) is 23.6 Å². The van der Waals surface area contributed by atoms with Crippen molar-refractivity contribution in [2.24, 2.45) is 5.92 Å². The van der Waals surface area contributed by atoms with Crippen molar-refractivity contribution in [1.82, 2.24) is 10.3 Å². The van der Waals surface area contributed by atoms with Crippen molar-refractivity contribution in [2.45, 2.75) is 25.3 Å². The van der Waals surface area contributed by atoms with Crippen LogP contribution in [0.4, 0.5) is 0 Å². The molecule has 2 aromatic rings. The summed E-state index contributed by atoms with van der Waals surface area (Å²) in [7, 11) is 1.36. The number of fused-ring (bicyclic) bond motifs is 1. The van der Waals surface area contributed by atoms with Crippen LogP contribution >= 0.6 is 0 Å². The van der Waals surface area contributed by atoms with E-state index in [1.54, 1.807) is 6.20 Å². The number of esters is 1. The number of amides is 1. The minimum absolute atomic E-state index is 0.180. The Kier molecular flexibility index (Phi) is 4.04. The largest absolute Gasteiger partial charge is 0.469 e. The monoisotopic (exact) mass is 298 g/mol. The number of nitrogens with one attached hydrogen (secondary N) is 1. The van der Waals surface area contributed by atoms with Gasteiger partial charge < -0.3 is 10.1 Å². The van der Waals surface area contributed by atoms with Gasteiger partial charge in [-0.25, -0.2) is 0 Å². The van der Waals surface area contributed by atoms with Crippen LogP contribution < -0.4 is 5.32 Å². The van der Waals surface area contributed by atoms with Crippen LogP contribution in [0, 0.1) is 5.92 Å². The minimum atomic E-state index is -0.303. The quantitative estimate of drug-likeness (QED) is 0.860. The molecule has 1 aliphatic carbocycles. The van der Waals surface area contributed by atoms with Gasteiger partial charge in [0.05, 0.1) is 13.5 Å². The SMILES string of the molecule is COC(=O)C[C@@H](NC(=O)c1nccc2ccccc12)C1CC1. The molecule has 114 valence electrons. The molecule has 1 fully saturated rings. The number of hydrogen-bond donors (Lipinski definition) is 1. The van der Waals surface area contributed by atoms with Crippen LogP contribution in [0.3, 0.4) is 0 Å². The summed E-state index contributed by atoms with van der Waals surface area (Å²) in [6.45, 7) is 0. The molecule has 0 spiro atoms. The number of pyridine rings is 1. The van der Waals surface area contributed by atoms with E-state index in [9.17, 15) is 9.59 Å². The van der Waals surface area contributed by atoms with Crippen molar-refractivity contribution in [2.75, 3.05) is 7.11 Å². The first-order chi connectivity index (χ1) is 10.7. The van der Waals surface area contributed by atoms with Gasteiger partial charge in [0, 0.05) is 17.6 Å². The summed E-state index contributed by atoms with van der Waals surface area (Å²) in [5, 5.41) is 4.74. The molecule has 0 saturated heterocycles. The Balaban J connectivity index is 1.81. The second-order valence-electron chi connectivity index (χ2n) is 5.58. The van der Waals surface area contributed by atoms with Crippen molar-refractivity contribution in [1.29, 1.82) is 0 Å². The van der Waals surface area contributed by atoms with Gasteiger partial charge >= 0.3 is 5.97 Å². The maximum absolute atomic E-state index is 12.5. The highest BCUT2D eigenvalue weighted by molar-refractivity contribution is 6.05. The average Bonchev–Trinajstić information content (AvgIpc) is 3.38. The number of ether oxygens (including phenoxy) is 1. The fourth-order valence-electron chi connectivity index (χ4n) is 2.63. The standard InChI is InChI=1S/C17H18N2O3/c1-22-15(20)10-14(12-6-7-12)19-17(21)16-13-5-3-2-4-11(13)8-9-18-16/h2-5,8-9,12,14H,6-7,10H2,1H3,(H,19,21)/t14-/m1/s1. The molecule has 1 atom stereocenters. The molecule has 0 unspecified atom stereocenters. The highest BCUT2D eigenvalue weighted by Gasteiger charge is 2.34. The van der Waals surface area contributed by atoms with Gasteiger partial charge in [-0.3, -0.25) is 14.6 Å². The first-order valence-corrected chi connectivity index (χ1v) is 7.40. The second-order valence-corrected chi connectivity index (χ2v) is 5.58. The third-order valence-corrected chi connectivity index (χ3v) is 4.01. The summed E-state index contributed by atoms with van der Waals surface area (Å²) in [4.78, 5) is 28.3. The smallest absolute Gasteiger partial charge is 0.307 e. The lowest BCUT2D eigenvalue weighted by atomic mass is 10.1. The van der Waals surface area contributed by atoms with Crippen LogP contribution in [0.1, 0.15) is 29.8 Å². The summed E-state index contributed by atoms with van der Waals surface area (Å²) < 4.78 is 4.71. The normalized spacial score (nSPS) is 15.3. The lowest BCUT2D eigenvalue weighted by molar-refractivity contribution is -0.141. The molecular formula is C17H18N2O3. The van der Waals surface area contributed by atoms with Crippen LogP contribution in [-0.2, 0) is 9.53 Å². The van der Waals surface area contributed by atoms with E-state index >= 15 is 0 Å². The lowest BCUT2D eigenvalue weighted by Gasteiger charge is -2.17. The second kappa shape index (κ2) is 6.13. The van der Waals surface area contributed by atoms with Gasteiger partial charge in [0.2, 0.25) is 0 Å². The molecule has 0 aliphatic heterocycles. The summed E-state index contributed by atoms with van der Waals surface area (Å²) in [5.74, 6) is -0.182. The van der Waals surface area contributed by atoms with Gasteiger partial charge in [0.1, 0.15) is 5.69 Å². The molecule has 1 heterocycles. The number of nitrogens with zero attached hydrogens (tertiary/aromatic N) is 1. The minimum Gasteiger partial charge on any atom is -0.469 e. The number of carbonyl (C=O) groups excluding carboxylic acids is 2. The molecule has 5 nitrogen and oxygen atoms in total. The zero-order chi connectivity index (χ0) is 15.5. The highest BCUT2D eigenvalue weighted by Crippen LogP contribution is 2.34. The summed E-state index contributed by atoms with van der Waals surface area (Å²) in [6.07, 6.45) is 3.90. The zero-order valence-electron chi connectivity index (χ0n) is 12.4. The Labute approximate surface area is 128 Å². The lowest BCUT2D eigenvalue weighted by Crippen LogP contribution is -2.38. The third kappa shape index (κ3) is 3.08. The Morgan fingerprint density at radius 2 is 2.09 bits per heavy atom. The van der Waals surface area contributed by atoms with E-state index < -0.39 is 0 Å². The van der Waals surface area contributed by atoms with Crippen molar-refractivity contribution in [3.63, 3.8) is 0 Å². The van der Waals surface area contributed by atoms with Crippen molar-refractivity contribution in [3.05, 3.63) is 42.2 Å². The summed E-state index contributed by atoms with van der Waals surface area (Å²) in [6, 6.07) is 9.33. The molecular weight excluding hydrogens is 280 g/mol. The predicted octanol–water partition coefficient (Wildman–Crippen LogP) is 2.31. The molecule has 5 heteroatoms. The fourth-order valence-corrected chi connectivity index (χ4v) is 2.63. The van der Waals surface area contributed by atoms with Crippen molar-refractivity contribution in [3.8, 4) is 0 Å². The summed E-state index contributed by atoms with van der Waals surface area (Å²) >= 11 is 0.